The molecule has 4 nitrogen and oxygen atoms in total. The van der Waals surface area contributed by atoms with Crippen LogP contribution in [0, 0.1) is 0 Å². The van der Waals surface area contributed by atoms with Crippen molar-refractivity contribution in [2.45, 2.75) is 20.8 Å². The Morgan fingerprint density at radius 1 is 1.10 bits per heavy atom. The number of carbonyl (C=O) groups is 1. The van der Waals surface area contributed by atoms with E-state index in [4.69, 9.17) is 9.47 Å². The number of halogens is 1. The zero-order chi connectivity index (χ0) is 16.1. The first-order valence-corrected chi connectivity index (χ1v) is 8.80. The normalized spacial score (nSPS) is 9.81. The van der Waals surface area contributed by atoms with Gasteiger partial charge in [-0.15, -0.1) is 0 Å². The lowest BCUT2D eigenvalue weighted by Gasteiger charge is -2.17. The smallest absolute Gasteiger partial charge is 0.338 e. The van der Waals surface area contributed by atoms with Crippen LogP contribution in [-0.2, 0) is 4.74 Å². The molecule has 0 amide bonds. The van der Waals surface area contributed by atoms with Gasteiger partial charge >= 0.3 is 5.97 Å². The number of likely N-dealkylation sites (N-methyl/N-ethyl adjacent to an activating group) is 1. The summed E-state index contributed by atoms with van der Waals surface area (Å²) in [5.41, 5.74) is 0.558. The summed E-state index contributed by atoms with van der Waals surface area (Å²) in [5.74, 6) is 2.30. The summed E-state index contributed by atoms with van der Waals surface area (Å²) in [7, 11) is 0. The standard InChI is InChI=1S/C15H23NO3.CH3Br/c1-4-16(5-2)11-12-19-15(17)13-7-9-14(10-8-13)18-6-3;1-2/h7-10H,4-6,11-12H2,1-3H3;1H3. The van der Waals surface area contributed by atoms with Gasteiger partial charge < -0.3 is 14.4 Å². The van der Waals surface area contributed by atoms with Crippen LogP contribution >= 0.6 is 15.9 Å². The molecule has 0 aliphatic rings. The molecule has 0 N–H and O–H groups in total. The highest BCUT2D eigenvalue weighted by molar-refractivity contribution is 9.08. The minimum atomic E-state index is -0.282. The van der Waals surface area contributed by atoms with E-state index < -0.39 is 0 Å². The molecule has 1 rings (SSSR count). The fraction of sp³-hybridized carbons (Fsp3) is 0.562. The topological polar surface area (TPSA) is 38.8 Å². The zero-order valence-electron chi connectivity index (χ0n) is 13.4. The van der Waals surface area contributed by atoms with E-state index in [9.17, 15) is 4.79 Å². The molecule has 0 fully saturated rings. The molecule has 0 spiro atoms. The van der Waals surface area contributed by atoms with E-state index in [-0.39, 0.29) is 5.97 Å². The van der Waals surface area contributed by atoms with Gasteiger partial charge in [-0.2, -0.15) is 0 Å². The van der Waals surface area contributed by atoms with Crippen LogP contribution in [0.1, 0.15) is 31.1 Å². The summed E-state index contributed by atoms with van der Waals surface area (Å²) in [6, 6.07) is 7.02. The lowest BCUT2D eigenvalue weighted by molar-refractivity contribution is 0.0466. The van der Waals surface area contributed by atoms with Gasteiger partial charge in [0, 0.05) is 6.54 Å². The number of ether oxygens (including phenoxy) is 2. The van der Waals surface area contributed by atoms with E-state index in [0.29, 0.717) is 18.8 Å². The average Bonchev–Trinajstić information content (AvgIpc) is 2.54. The molecule has 21 heavy (non-hydrogen) atoms. The molecule has 0 bridgehead atoms. The van der Waals surface area contributed by atoms with Crippen molar-refractivity contribution in [1.82, 2.24) is 4.90 Å². The largest absolute Gasteiger partial charge is 0.494 e. The Kier molecular flexibility index (Phi) is 12.0. The number of rotatable bonds is 8. The molecule has 0 atom stereocenters. The second-order valence-electron chi connectivity index (χ2n) is 4.12. The maximum absolute atomic E-state index is 11.8. The Balaban J connectivity index is 0.00000191. The van der Waals surface area contributed by atoms with Gasteiger partial charge in [-0.3, -0.25) is 0 Å². The number of benzene rings is 1. The second-order valence-corrected chi connectivity index (χ2v) is 4.12. The van der Waals surface area contributed by atoms with Gasteiger partial charge in [0.05, 0.1) is 12.2 Å². The first kappa shape index (κ1) is 19.9. The number of hydrogen-bond acceptors (Lipinski definition) is 4. The second kappa shape index (κ2) is 12.7. The van der Waals surface area contributed by atoms with Crippen LogP contribution in [0.5, 0.6) is 5.75 Å². The molecule has 0 aromatic heterocycles. The SMILES string of the molecule is CBr.CCOc1ccc(C(=O)OCCN(CC)CC)cc1. The third-order valence-electron chi connectivity index (χ3n) is 2.94. The lowest BCUT2D eigenvalue weighted by Crippen LogP contribution is -2.27. The average molecular weight is 360 g/mol. The molecular formula is C16H26BrNO3. The Hall–Kier alpha value is -1.07. The van der Waals surface area contributed by atoms with E-state index in [1.54, 1.807) is 24.3 Å². The quantitative estimate of drug-likeness (QED) is 0.525. The van der Waals surface area contributed by atoms with E-state index in [0.717, 1.165) is 25.4 Å². The van der Waals surface area contributed by atoms with Crippen molar-refractivity contribution in [3.05, 3.63) is 29.8 Å². The van der Waals surface area contributed by atoms with Gasteiger partial charge in [-0.1, -0.05) is 29.8 Å². The molecule has 1 aromatic rings. The Morgan fingerprint density at radius 3 is 2.14 bits per heavy atom. The molecule has 0 saturated heterocycles. The molecule has 0 heterocycles. The highest BCUT2D eigenvalue weighted by Gasteiger charge is 2.08. The lowest BCUT2D eigenvalue weighted by atomic mass is 10.2. The summed E-state index contributed by atoms with van der Waals surface area (Å²) in [5, 5.41) is 0. The predicted octanol–water partition coefficient (Wildman–Crippen LogP) is 3.60. The van der Waals surface area contributed by atoms with E-state index in [2.05, 4.69) is 34.7 Å². The molecule has 0 radical (unpaired) electrons. The van der Waals surface area contributed by atoms with Crippen LogP contribution in [0.25, 0.3) is 0 Å². The molecule has 120 valence electrons. The molecule has 0 aliphatic carbocycles. The fourth-order valence-corrected chi connectivity index (χ4v) is 1.74. The minimum Gasteiger partial charge on any atom is -0.494 e. The summed E-state index contributed by atoms with van der Waals surface area (Å²) in [6.07, 6.45) is 0. The molecule has 0 saturated carbocycles. The van der Waals surface area contributed by atoms with E-state index in [1.807, 2.05) is 12.8 Å². The first-order chi connectivity index (χ1) is 10.2. The van der Waals surface area contributed by atoms with Crippen molar-refractivity contribution in [3.8, 4) is 5.75 Å². The molecule has 5 heteroatoms. The number of carbonyl (C=O) groups excluding carboxylic acids is 1. The van der Waals surface area contributed by atoms with Crippen molar-refractivity contribution in [2.24, 2.45) is 0 Å². The highest BCUT2D eigenvalue weighted by Crippen LogP contribution is 2.12. The van der Waals surface area contributed by atoms with Gasteiger partial charge in [0.2, 0.25) is 0 Å². The van der Waals surface area contributed by atoms with Gasteiger partial charge in [0.15, 0.2) is 0 Å². The summed E-state index contributed by atoms with van der Waals surface area (Å²) in [6.45, 7) is 9.87. The molecule has 0 unspecified atom stereocenters. The van der Waals surface area contributed by atoms with Crippen LogP contribution in [0.4, 0.5) is 0 Å². The van der Waals surface area contributed by atoms with Crippen LogP contribution < -0.4 is 4.74 Å². The van der Waals surface area contributed by atoms with Gasteiger partial charge in [0.25, 0.3) is 0 Å². The molecule has 0 aliphatic heterocycles. The molecule has 1 aromatic carbocycles. The number of alkyl halides is 1. The van der Waals surface area contributed by atoms with Crippen LogP contribution in [0.15, 0.2) is 24.3 Å². The maximum Gasteiger partial charge on any atom is 0.338 e. The number of hydrogen-bond donors (Lipinski definition) is 0. The Bertz CT molecular complexity index is 378. The van der Waals surface area contributed by atoms with Crippen molar-refractivity contribution >= 4 is 21.9 Å². The van der Waals surface area contributed by atoms with E-state index in [1.165, 1.54) is 0 Å². The van der Waals surface area contributed by atoms with Crippen LogP contribution in [-0.4, -0.2) is 49.6 Å². The van der Waals surface area contributed by atoms with Gasteiger partial charge in [-0.05, 0) is 50.1 Å². The predicted molar refractivity (Wildman–Crippen MR) is 90.5 cm³/mol. The van der Waals surface area contributed by atoms with Crippen LogP contribution in [0.2, 0.25) is 0 Å². The minimum absolute atomic E-state index is 0.282. The Labute approximate surface area is 136 Å². The molecular weight excluding hydrogens is 334 g/mol. The summed E-state index contributed by atoms with van der Waals surface area (Å²) >= 11 is 2.94. The summed E-state index contributed by atoms with van der Waals surface area (Å²) < 4.78 is 10.6. The number of esters is 1. The maximum atomic E-state index is 11.8. The van der Waals surface area contributed by atoms with Gasteiger partial charge in [-0.25, -0.2) is 4.79 Å². The first-order valence-electron chi connectivity index (χ1n) is 7.21. The third kappa shape index (κ3) is 8.07. The fourth-order valence-electron chi connectivity index (χ4n) is 1.74. The number of nitrogens with zero attached hydrogens (tertiary/aromatic N) is 1. The monoisotopic (exact) mass is 359 g/mol. The zero-order valence-corrected chi connectivity index (χ0v) is 15.0. The van der Waals surface area contributed by atoms with Crippen molar-refractivity contribution in [2.75, 3.05) is 38.7 Å². The van der Waals surface area contributed by atoms with E-state index >= 15 is 0 Å². The Morgan fingerprint density at radius 2 is 1.67 bits per heavy atom. The third-order valence-corrected chi connectivity index (χ3v) is 2.94. The van der Waals surface area contributed by atoms with Crippen molar-refractivity contribution < 1.29 is 14.3 Å². The van der Waals surface area contributed by atoms with Crippen molar-refractivity contribution in [1.29, 1.82) is 0 Å². The summed E-state index contributed by atoms with van der Waals surface area (Å²) in [4.78, 5) is 14.0. The highest BCUT2D eigenvalue weighted by atomic mass is 79.9. The van der Waals surface area contributed by atoms with Crippen LogP contribution in [0.3, 0.4) is 0 Å². The van der Waals surface area contributed by atoms with Crippen molar-refractivity contribution in [3.63, 3.8) is 0 Å². The van der Waals surface area contributed by atoms with Gasteiger partial charge in [0.1, 0.15) is 12.4 Å².